The lowest BCUT2D eigenvalue weighted by Crippen LogP contribution is -2.67. The summed E-state index contributed by atoms with van der Waals surface area (Å²) in [6.45, 7) is 2.07. The summed E-state index contributed by atoms with van der Waals surface area (Å²) in [4.78, 5) is 31.9. The second-order valence-electron chi connectivity index (χ2n) is 10.3. The number of hydrogen-bond acceptors (Lipinski definition) is 7. The molecule has 1 aromatic carbocycles. The van der Waals surface area contributed by atoms with Gasteiger partial charge >= 0.3 is 0 Å². The molecule has 0 N–H and O–H groups in total. The lowest BCUT2D eigenvalue weighted by Gasteiger charge is -2.53. The largest absolute Gasteiger partial charge is 0.493 e. The zero-order valence-electron chi connectivity index (χ0n) is 18.6. The van der Waals surface area contributed by atoms with Gasteiger partial charge in [0.15, 0.2) is 11.5 Å². The number of anilines is 1. The van der Waals surface area contributed by atoms with E-state index in [4.69, 9.17) is 18.9 Å². The topological polar surface area (TPSA) is 80.8 Å². The highest BCUT2D eigenvalue weighted by molar-refractivity contribution is 6.06. The van der Waals surface area contributed by atoms with Crippen LogP contribution in [0.3, 0.4) is 0 Å². The Morgan fingerprint density at radius 1 is 1.12 bits per heavy atom. The Balaban J connectivity index is 1.52. The van der Waals surface area contributed by atoms with Crippen molar-refractivity contribution in [3.8, 4) is 11.5 Å². The second kappa shape index (κ2) is 6.04. The average Bonchev–Trinajstić information content (AvgIpc) is 3.39. The average molecular weight is 440 g/mol. The first-order chi connectivity index (χ1) is 15.4. The van der Waals surface area contributed by atoms with Crippen LogP contribution < -0.4 is 14.4 Å². The van der Waals surface area contributed by atoms with Crippen LogP contribution >= 0.6 is 0 Å². The predicted octanol–water partition coefficient (Wildman–Crippen LogP) is 1.14. The quantitative estimate of drug-likeness (QED) is 0.638. The number of carbonyl (C=O) groups is 2. The van der Waals surface area contributed by atoms with Gasteiger partial charge in [-0.05, 0) is 31.6 Å². The summed E-state index contributed by atoms with van der Waals surface area (Å²) in [5.41, 5.74) is 0.582. The van der Waals surface area contributed by atoms with Crippen molar-refractivity contribution in [3.63, 3.8) is 0 Å². The minimum atomic E-state index is -0.762. The fourth-order valence-corrected chi connectivity index (χ4v) is 7.82. The van der Waals surface area contributed by atoms with E-state index >= 15 is 0 Å². The molecule has 1 aromatic rings. The predicted molar refractivity (Wildman–Crippen MR) is 113 cm³/mol. The number of hydrogen-bond donors (Lipinski definition) is 0. The third kappa shape index (κ3) is 2.05. The maximum atomic E-state index is 14.2. The van der Waals surface area contributed by atoms with Gasteiger partial charge in [0, 0.05) is 30.9 Å². The number of rotatable bonds is 2. The van der Waals surface area contributed by atoms with Crippen molar-refractivity contribution in [2.75, 3.05) is 45.9 Å². The molecule has 32 heavy (non-hydrogen) atoms. The molecule has 5 fully saturated rings. The van der Waals surface area contributed by atoms with E-state index in [9.17, 15) is 9.59 Å². The van der Waals surface area contributed by atoms with E-state index < -0.39 is 5.41 Å². The maximum absolute atomic E-state index is 14.2. The van der Waals surface area contributed by atoms with Gasteiger partial charge in [-0.2, -0.15) is 0 Å². The molecule has 7 rings (SSSR count). The number of ketones is 1. The minimum Gasteiger partial charge on any atom is -0.493 e. The van der Waals surface area contributed by atoms with E-state index in [1.165, 1.54) is 0 Å². The van der Waals surface area contributed by atoms with Crippen LogP contribution in [0.5, 0.6) is 11.5 Å². The number of ether oxygens (including phenoxy) is 4. The van der Waals surface area contributed by atoms with Crippen molar-refractivity contribution in [2.24, 2.45) is 11.8 Å². The standard InChI is InChI=1S/C24H28N2O6/c1-25-5-4-23-12-6-15(29-2)16(30-3)8-14(12)26-20(28)9-17-21(22(23)26)13(7-18(23)27)24(11-25)19(32-24)10-31-17/h6,8,13,17,19,21-22H,4-5,7,9-11H2,1-3H3/t13-,17-,19-,21+,22+,23-,24+/m1/s1. The number of methoxy groups -OCH3 is 2. The van der Waals surface area contributed by atoms with Gasteiger partial charge in [-0.3, -0.25) is 9.59 Å². The van der Waals surface area contributed by atoms with E-state index in [-0.39, 0.29) is 47.4 Å². The summed E-state index contributed by atoms with van der Waals surface area (Å²) in [6.07, 6.45) is 1.31. The van der Waals surface area contributed by atoms with Gasteiger partial charge in [0.2, 0.25) is 5.91 Å². The van der Waals surface area contributed by atoms with E-state index in [1.807, 2.05) is 17.0 Å². The highest BCUT2D eigenvalue weighted by Crippen LogP contribution is 2.65. The van der Waals surface area contributed by atoms with Gasteiger partial charge in [-0.1, -0.05) is 0 Å². The fraction of sp³-hybridized carbons (Fsp3) is 0.667. The normalized spacial score (nSPS) is 43.6. The monoisotopic (exact) mass is 440 g/mol. The number of nitrogens with zero attached hydrogens (tertiary/aromatic N) is 2. The highest BCUT2D eigenvalue weighted by atomic mass is 16.6. The van der Waals surface area contributed by atoms with E-state index in [0.29, 0.717) is 37.4 Å². The summed E-state index contributed by atoms with van der Waals surface area (Å²) in [5, 5.41) is 0. The van der Waals surface area contributed by atoms with Crippen LogP contribution in [0.1, 0.15) is 24.8 Å². The second-order valence-corrected chi connectivity index (χ2v) is 10.3. The molecular formula is C24H28N2O6. The molecule has 1 aliphatic carbocycles. The first-order valence-corrected chi connectivity index (χ1v) is 11.5. The van der Waals surface area contributed by atoms with Crippen LogP contribution in [-0.4, -0.2) is 81.4 Å². The Bertz CT molecular complexity index is 1060. The molecular weight excluding hydrogens is 412 g/mol. The minimum absolute atomic E-state index is 0.00599. The molecule has 7 atom stereocenters. The van der Waals surface area contributed by atoms with E-state index in [1.54, 1.807) is 14.2 Å². The van der Waals surface area contributed by atoms with Gasteiger partial charge in [-0.25, -0.2) is 0 Å². The van der Waals surface area contributed by atoms with E-state index in [2.05, 4.69) is 11.9 Å². The Kier molecular flexibility index (Phi) is 3.65. The van der Waals surface area contributed by atoms with Gasteiger partial charge < -0.3 is 28.7 Å². The summed E-state index contributed by atoms with van der Waals surface area (Å²) >= 11 is 0. The van der Waals surface area contributed by atoms with Crippen molar-refractivity contribution < 1.29 is 28.5 Å². The number of epoxide rings is 1. The van der Waals surface area contributed by atoms with Crippen molar-refractivity contribution in [2.45, 2.75) is 48.5 Å². The van der Waals surface area contributed by atoms with Crippen molar-refractivity contribution >= 4 is 17.4 Å². The lowest BCUT2D eigenvalue weighted by atomic mass is 9.54. The highest BCUT2D eigenvalue weighted by Gasteiger charge is 2.75. The SMILES string of the molecule is COc1cc2c(cc1OC)[C@@]13CCN(C)C[C@@]45O[C@@H]4CO[C@@H]4CC(=O)N2[C@H]1[C@H]4[C@H]5CC3=O. The molecule has 6 aliphatic rings. The van der Waals surface area contributed by atoms with Crippen molar-refractivity contribution in [1.29, 1.82) is 0 Å². The molecule has 8 heteroatoms. The molecule has 0 unspecified atom stereocenters. The molecule has 8 nitrogen and oxygen atoms in total. The number of Topliss-reactive ketones (excluding diaryl/α,β-unsaturated/α-hetero) is 1. The molecule has 0 aromatic heterocycles. The smallest absolute Gasteiger partial charge is 0.229 e. The van der Waals surface area contributed by atoms with Crippen LogP contribution in [0.25, 0.3) is 0 Å². The van der Waals surface area contributed by atoms with Crippen LogP contribution in [0, 0.1) is 11.8 Å². The summed E-state index contributed by atoms with van der Waals surface area (Å²) in [7, 11) is 5.31. The third-order valence-electron chi connectivity index (χ3n) is 9.17. The number of carbonyl (C=O) groups excluding carboxylic acids is 2. The Labute approximate surface area is 186 Å². The first kappa shape index (κ1) is 19.3. The van der Waals surface area contributed by atoms with Crippen molar-refractivity contribution in [1.82, 2.24) is 4.90 Å². The first-order valence-electron chi connectivity index (χ1n) is 11.5. The van der Waals surface area contributed by atoms with Crippen LogP contribution in [0.4, 0.5) is 5.69 Å². The number of fused-ring (bicyclic) bond motifs is 2. The lowest BCUT2D eigenvalue weighted by molar-refractivity contribution is -0.144. The van der Waals surface area contributed by atoms with Crippen LogP contribution in [0.2, 0.25) is 0 Å². The molecule has 0 radical (unpaired) electrons. The van der Waals surface area contributed by atoms with Crippen molar-refractivity contribution in [3.05, 3.63) is 17.7 Å². The molecule has 4 saturated heterocycles. The molecule has 1 spiro atoms. The number of piperidine rings is 1. The van der Waals surface area contributed by atoms with Gasteiger partial charge in [0.1, 0.15) is 17.5 Å². The van der Waals surface area contributed by atoms with Gasteiger partial charge in [0.25, 0.3) is 0 Å². The molecule has 4 bridgehead atoms. The zero-order chi connectivity index (χ0) is 22.0. The van der Waals surface area contributed by atoms with Crippen LogP contribution in [0.15, 0.2) is 12.1 Å². The molecule has 1 amide bonds. The van der Waals surface area contributed by atoms with E-state index in [0.717, 1.165) is 24.3 Å². The zero-order valence-corrected chi connectivity index (χ0v) is 18.6. The molecule has 5 heterocycles. The number of amides is 1. The maximum Gasteiger partial charge on any atom is 0.229 e. The summed E-state index contributed by atoms with van der Waals surface area (Å²) in [6, 6.07) is 3.57. The fourth-order valence-electron chi connectivity index (χ4n) is 7.82. The van der Waals surface area contributed by atoms with Gasteiger partial charge in [-0.15, -0.1) is 0 Å². The number of benzene rings is 1. The third-order valence-corrected chi connectivity index (χ3v) is 9.17. The Hall–Kier alpha value is -2.16. The number of likely N-dealkylation sites (N-methyl/N-ethyl adjacent to an activating group) is 1. The molecule has 5 aliphatic heterocycles. The molecule has 170 valence electrons. The molecule has 1 saturated carbocycles. The summed E-state index contributed by atoms with van der Waals surface area (Å²) < 4.78 is 23.8. The Morgan fingerprint density at radius 2 is 1.91 bits per heavy atom. The van der Waals surface area contributed by atoms with Gasteiger partial charge in [0.05, 0.1) is 50.5 Å². The summed E-state index contributed by atoms with van der Waals surface area (Å²) in [5.74, 6) is 1.53. The van der Waals surface area contributed by atoms with Crippen LogP contribution in [-0.2, 0) is 24.5 Å². The Morgan fingerprint density at radius 3 is 2.69 bits per heavy atom.